The number of benzene rings is 4. The zero-order valence-corrected chi connectivity index (χ0v) is 38.3. The van der Waals surface area contributed by atoms with E-state index in [4.69, 9.17) is 47.9 Å². The summed E-state index contributed by atoms with van der Waals surface area (Å²) >= 11 is 11.7. The molecule has 374 valence electrons. The molecule has 0 aliphatic carbocycles. The van der Waals surface area contributed by atoms with Crippen LogP contribution in [0.2, 0.25) is 10.0 Å². The molecule has 4 aromatic carbocycles. The highest BCUT2D eigenvalue weighted by molar-refractivity contribution is 6.31. The highest BCUT2D eigenvalue weighted by Crippen LogP contribution is 2.41. The predicted octanol–water partition coefficient (Wildman–Crippen LogP) is 11.2. The number of nitrogens with zero attached hydrogens (tertiary/aromatic N) is 2. The summed E-state index contributed by atoms with van der Waals surface area (Å²) < 4.78 is 139. The van der Waals surface area contributed by atoms with E-state index in [1.54, 1.807) is 13.8 Å². The number of hydrogen-bond donors (Lipinski definition) is 3. The van der Waals surface area contributed by atoms with Crippen molar-refractivity contribution in [1.29, 1.82) is 0 Å². The Bertz CT molecular complexity index is 3020. The first-order valence-corrected chi connectivity index (χ1v) is 20.2. The van der Waals surface area contributed by atoms with Crippen LogP contribution in [0.1, 0.15) is 52.8 Å². The molecule has 0 fully saturated rings. The third-order valence-corrected chi connectivity index (χ3v) is 9.68. The summed E-state index contributed by atoms with van der Waals surface area (Å²) in [4.78, 5) is 57.0. The molecule has 0 aliphatic rings. The standard InChI is InChI=1S/C23H17ClF4N2O6.C22H16ClF4N3O5/c1-11-10-29-15(22(32)34-3)9-14(11)30-21(31)19-17(7-5-13(24)20(19)25)35-16-6-4-12(8-18(16)33-2)36-23(26,27)28;1-10-9-29-14(20(28)31)8-13(10)30-21(32)18-16(6-4-12(23)19(18)24)34-15-5-3-11(7-17(15)33-2)35-22(25,26)27/h4-10H,1-3H3,(H,29,30,31);3-9H,1-2H3,(H2,28,31)(H,29,30,32). The minimum Gasteiger partial charge on any atom is -0.493 e. The number of aryl methyl sites for hydroxylation is 2. The molecular weight excluding hydrogens is 1010 g/mol. The lowest BCUT2D eigenvalue weighted by molar-refractivity contribution is -0.275. The van der Waals surface area contributed by atoms with Crippen molar-refractivity contribution in [3.8, 4) is 46.0 Å². The summed E-state index contributed by atoms with van der Waals surface area (Å²) in [6, 6.07) is 13.0. The van der Waals surface area contributed by atoms with E-state index >= 15 is 0 Å². The Morgan fingerprint density at radius 1 is 0.563 bits per heavy atom. The number of primary amides is 1. The Kier molecular flexibility index (Phi) is 17.1. The van der Waals surface area contributed by atoms with Gasteiger partial charge in [0, 0.05) is 35.9 Å². The quantitative estimate of drug-likeness (QED) is 0.0686. The molecule has 0 unspecified atom stereocenters. The lowest BCUT2D eigenvalue weighted by Gasteiger charge is -2.16. The summed E-state index contributed by atoms with van der Waals surface area (Å²) in [6.07, 6.45) is -7.27. The van der Waals surface area contributed by atoms with Gasteiger partial charge >= 0.3 is 18.7 Å². The maximum absolute atomic E-state index is 15.0. The van der Waals surface area contributed by atoms with E-state index in [-0.39, 0.29) is 57.3 Å². The fourth-order valence-corrected chi connectivity index (χ4v) is 6.11. The number of nitrogens with two attached hydrogens (primary N) is 1. The maximum atomic E-state index is 15.0. The third kappa shape index (κ3) is 14.0. The Labute approximate surface area is 405 Å². The molecular formula is C45H33Cl2F8N5O11. The van der Waals surface area contributed by atoms with E-state index < -0.39 is 80.7 Å². The number of amides is 3. The lowest BCUT2D eigenvalue weighted by atomic mass is 10.1. The molecule has 6 rings (SSSR count). The van der Waals surface area contributed by atoms with Crippen molar-refractivity contribution in [3.63, 3.8) is 0 Å². The number of rotatable bonds is 14. The summed E-state index contributed by atoms with van der Waals surface area (Å²) in [7, 11) is 3.49. The van der Waals surface area contributed by atoms with Crippen LogP contribution in [0.3, 0.4) is 0 Å². The number of alkyl halides is 6. The van der Waals surface area contributed by atoms with Crippen molar-refractivity contribution >= 4 is 58.3 Å². The van der Waals surface area contributed by atoms with Crippen LogP contribution in [0.15, 0.2) is 85.2 Å². The van der Waals surface area contributed by atoms with Gasteiger partial charge in [-0.25, -0.2) is 18.6 Å². The molecule has 6 aromatic rings. The van der Waals surface area contributed by atoms with Crippen LogP contribution in [0.4, 0.5) is 46.5 Å². The molecule has 26 heteroatoms. The topological polar surface area (TPSA) is 209 Å². The van der Waals surface area contributed by atoms with E-state index in [1.165, 1.54) is 43.8 Å². The number of esters is 1. The average Bonchev–Trinajstić information content (AvgIpc) is 3.30. The Balaban J connectivity index is 0.000000264. The highest BCUT2D eigenvalue weighted by atomic mass is 35.5. The zero-order chi connectivity index (χ0) is 52.5. The van der Waals surface area contributed by atoms with Crippen molar-refractivity contribution in [2.45, 2.75) is 26.6 Å². The lowest BCUT2D eigenvalue weighted by Crippen LogP contribution is -2.18. The van der Waals surface area contributed by atoms with Crippen molar-refractivity contribution in [2.75, 3.05) is 32.0 Å². The molecule has 0 bridgehead atoms. The van der Waals surface area contributed by atoms with Crippen LogP contribution < -0.4 is 44.8 Å². The number of methoxy groups -OCH3 is 3. The molecule has 4 N–H and O–H groups in total. The van der Waals surface area contributed by atoms with Crippen molar-refractivity contribution < 1.29 is 87.5 Å². The van der Waals surface area contributed by atoms with Crippen LogP contribution in [0, 0.1) is 25.5 Å². The first kappa shape index (κ1) is 53.8. The van der Waals surface area contributed by atoms with E-state index in [0.29, 0.717) is 11.1 Å². The summed E-state index contributed by atoms with van der Waals surface area (Å²) in [5.74, 6) is -8.32. The van der Waals surface area contributed by atoms with E-state index in [1.807, 2.05) is 0 Å². The summed E-state index contributed by atoms with van der Waals surface area (Å²) in [5, 5.41) is 4.11. The van der Waals surface area contributed by atoms with E-state index in [2.05, 4.69) is 34.8 Å². The van der Waals surface area contributed by atoms with Crippen LogP contribution in [-0.4, -0.2) is 67.7 Å². The molecule has 71 heavy (non-hydrogen) atoms. The second-order valence-electron chi connectivity index (χ2n) is 13.9. The Hall–Kier alpha value is -8.12. The molecule has 0 saturated carbocycles. The molecule has 16 nitrogen and oxygen atoms in total. The Morgan fingerprint density at radius 2 is 0.944 bits per heavy atom. The van der Waals surface area contributed by atoms with Gasteiger partial charge in [0.1, 0.15) is 45.5 Å². The maximum Gasteiger partial charge on any atom is 0.573 e. The van der Waals surface area contributed by atoms with Gasteiger partial charge in [-0.1, -0.05) is 23.2 Å². The number of carbonyl (C=O) groups is 4. The molecule has 0 radical (unpaired) electrons. The summed E-state index contributed by atoms with van der Waals surface area (Å²) in [6.45, 7) is 3.17. The van der Waals surface area contributed by atoms with E-state index in [0.717, 1.165) is 62.8 Å². The van der Waals surface area contributed by atoms with Crippen LogP contribution in [0.25, 0.3) is 0 Å². The van der Waals surface area contributed by atoms with Gasteiger partial charge in [-0.05, 0) is 85.6 Å². The molecule has 0 saturated heterocycles. The fourth-order valence-electron chi connectivity index (χ4n) is 5.79. The van der Waals surface area contributed by atoms with Gasteiger partial charge in [0.25, 0.3) is 17.7 Å². The monoisotopic (exact) mass is 1040 g/mol. The number of nitrogens with one attached hydrogen (secondary N) is 2. The number of carbonyl (C=O) groups excluding carboxylic acids is 4. The summed E-state index contributed by atoms with van der Waals surface area (Å²) in [5.41, 5.74) is 4.87. The highest BCUT2D eigenvalue weighted by Gasteiger charge is 2.33. The van der Waals surface area contributed by atoms with Gasteiger partial charge in [-0.15, -0.1) is 26.3 Å². The van der Waals surface area contributed by atoms with Gasteiger partial charge in [0.2, 0.25) is 0 Å². The second-order valence-corrected chi connectivity index (χ2v) is 14.7. The zero-order valence-electron chi connectivity index (χ0n) is 36.8. The number of pyridine rings is 2. The van der Waals surface area contributed by atoms with Crippen LogP contribution in [-0.2, 0) is 4.74 Å². The number of aromatic nitrogens is 2. The van der Waals surface area contributed by atoms with Gasteiger partial charge < -0.3 is 49.5 Å². The number of hydrogen-bond acceptors (Lipinski definition) is 13. The van der Waals surface area contributed by atoms with Gasteiger partial charge in [0.15, 0.2) is 34.6 Å². The third-order valence-electron chi connectivity index (χ3n) is 9.09. The fraction of sp³-hybridized carbons (Fsp3) is 0.156. The molecule has 2 heterocycles. The first-order chi connectivity index (χ1) is 33.3. The first-order valence-electron chi connectivity index (χ1n) is 19.5. The normalized spacial score (nSPS) is 11.0. The van der Waals surface area contributed by atoms with Gasteiger partial charge in [-0.2, -0.15) is 0 Å². The number of halogens is 10. The molecule has 0 atom stereocenters. The SMILES string of the molecule is COC(=O)c1cc(NC(=O)c2c(Oc3ccc(OC(F)(F)F)cc3OC)ccc(Cl)c2F)c(C)cn1.COc1cc(OC(F)(F)F)ccc1Oc1ccc(Cl)c(F)c1C(=O)Nc1cc(C(N)=O)ncc1C. The second kappa shape index (κ2) is 22.5. The minimum atomic E-state index is -4.93. The smallest absolute Gasteiger partial charge is 0.493 e. The van der Waals surface area contributed by atoms with E-state index in [9.17, 15) is 54.3 Å². The van der Waals surface area contributed by atoms with Crippen LogP contribution >= 0.6 is 23.2 Å². The van der Waals surface area contributed by atoms with Crippen molar-refractivity contribution in [1.82, 2.24) is 9.97 Å². The Morgan fingerprint density at radius 3 is 1.31 bits per heavy atom. The number of ether oxygens (including phenoxy) is 7. The number of anilines is 2. The largest absolute Gasteiger partial charge is 0.573 e. The minimum absolute atomic E-state index is 0.104. The van der Waals surface area contributed by atoms with Gasteiger partial charge in [-0.3, -0.25) is 19.4 Å². The molecule has 0 spiro atoms. The molecule has 0 aliphatic heterocycles. The average molecular weight is 1040 g/mol. The van der Waals surface area contributed by atoms with Crippen molar-refractivity contribution in [3.05, 3.63) is 141 Å². The van der Waals surface area contributed by atoms with Crippen molar-refractivity contribution in [2.24, 2.45) is 5.73 Å². The predicted molar refractivity (Wildman–Crippen MR) is 236 cm³/mol. The van der Waals surface area contributed by atoms with Gasteiger partial charge in [0.05, 0.1) is 31.4 Å². The van der Waals surface area contributed by atoms with Crippen LogP contribution in [0.5, 0.6) is 46.0 Å². The molecule has 2 aromatic heterocycles. The molecule has 3 amide bonds.